The number of hydrogen-bond donors (Lipinski definition) is 1. The molecule has 1 atom stereocenters. The van der Waals surface area contributed by atoms with E-state index in [-0.39, 0.29) is 6.04 Å². The van der Waals surface area contributed by atoms with Crippen LogP contribution in [0.15, 0.2) is 18.2 Å². The molecule has 2 rings (SSSR count). The van der Waals surface area contributed by atoms with Gasteiger partial charge in [-0.05, 0) is 36.5 Å². The monoisotopic (exact) mass is 221 g/mol. The van der Waals surface area contributed by atoms with Crippen LogP contribution >= 0.6 is 0 Å². The van der Waals surface area contributed by atoms with Crippen molar-refractivity contribution in [2.24, 2.45) is 11.7 Å². The van der Waals surface area contributed by atoms with Gasteiger partial charge in [-0.25, -0.2) is 0 Å². The van der Waals surface area contributed by atoms with E-state index in [4.69, 9.17) is 15.2 Å². The number of nitrogens with two attached hydrogens (primary N) is 1. The van der Waals surface area contributed by atoms with Crippen molar-refractivity contribution >= 4 is 0 Å². The number of ether oxygens (including phenoxy) is 2. The van der Waals surface area contributed by atoms with Gasteiger partial charge in [-0.1, -0.05) is 12.5 Å². The average Bonchev–Trinajstić information content (AvgIpc) is 2.25. The first-order valence-corrected chi connectivity index (χ1v) is 5.73. The van der Waals surface area contributed by atoms with Crippen LogP contribution in [0, 0.1) is 5.92 Å². The fourth-order valence-corrected chi connectivity index (χ4v) is 2.13. The molecule has 88 valence electrons. The highest BCUT2D eigenvalue weighted by atomic mass is 16.5. The van der Waals surface area contributed by atoms with E-state index in [2.05, 4.69) is 0 Å². The maximum absolute atomic E-state index is 6.22. The SMILES string of the molecule is COc1ccc([C@H](N)C2CCC2)cc1OC. The lowest BCUT2D eigenvalue weighted by Gasteiger charge is -2.31. The molecule has 0 bridgehead atoms. The zero-order valence-corrected chi connectivity index (χ0v) is 9.90. The number of rotatable bonds is 4. The van der Waals surface area contributed by atoms with Gasteiger partial charge in [0.05, 0.1) is 14.2 Å². The van der Waals surface area contributed by atoms with Crippen molar-refractivity contribution in [2.45, 2.75) is 25.3 Å². The summed E-state index contributed by atoms with van der Waals surface area (Å²) in [5.74, 6) is 2.15. The maximum Gasteiger partial charge on any atom is 0.161 e. The van der Waals surface area contributed by atoms with Crippen LogP contribution < -0.4 is 15.2 Å². The van der Waals surface area contributed by atoms with Gasteiger partial charge in [0.1, 0.15) is 0 Å². The van der Waals surface area contributed by atoms with Crippen molar-refractivity contribution in [1.82, 2.24) is 0 Å². The second kappa shape index (κ2) is 4.74. The van der Waals surface area contributed by atoms with E-state index in [0.29, 0.717) is 5.92 Å². The average molecular weight is 221 g/mol. The van der Waals surface area contributed by atoms with Crippen LogP contribution in [0.2, 0.25) is 0 Å². The fraction of sp³-hybridized carbons (Fsp3) is 0.538. The lowest BCUT2D eigenvalue weighted by atomic mass is 9.77. The molecule has 0 radical (unpaired) electrons. The summed E-state index contributed by atoms with van der Waals surface area (Å²) >= 11 is 0. The molecule has 0 saturated heterocycles. The molecule has 1 saturated carbocycles. The molecule has 1 fully saturated rings. The first kappa shape index (κ1) is 11.3. The van der Waals surface area contributed by atoms with Crippen molar-refractivity contribution in [1.29, 1.82) is 0 Å². The highest BCUT2D eigenvalue weighted by Crippen LogP contribution is 2.38. The summed E-state index contributed by atoms with van der Waals surface area (Å²) in [5, 5.41) is 0. The molecule has 0 amide bonds. The molecule has 0 heterocycles. The van der Waals surface area contributed by atoms with E-state index >= 15 is 0 Å². The fourth-order valence-electron chi connectivity index (χ4n) is 2.13. The Bertz CT molecular complexity index is 361. The van der Waals surface area contributed by atoms with E-state index < -0.39 is 0 Å². The second-order valence-corrected chi connectivity index (χ2v) is 4.33. The molecule has 0 spiro atoms. The van der Waals surface area contributed by atoms with Gasteiger partial charge < -0.3 is 15.2 Å². The lowest BCUT2D eigenvalue weighted by Crippen LogP contribution is -2.26. The third-order valence-electron chi connectivity index (χ3n) is 3.45. The number of benzene rings is 1. The van der Waals surface area contributed by atoms with E-state index in [1.165, 1.54) is 19.3 Å². The summed E-state index contributed by atoms with van der Waals surface area (Å²) in [6, 6.07) is 6.08. The van der Waals surface area contributed by atoms with Crippen LogP contribution in [-0.4, -0.2) is 14.2 Å². The first-order valence-electron chi connectivity index (χ1n) is 5.73. The van der Waals surface area contributed by atoms with Gasteiger partial charge in [0.15, 0.2) is 11.5 Å². The first-order chi connectivity index (χ1) is 7.76. The molecule has 0 aliphatic heterocycles. The summed E-state index contributed by atoms with van der Waals surface area (Å²) in [5.41, 5.74) is 7.36. The van der Waals surface area contributed by atoms with Crippen molar-refractivity contribution in [3.05, 3.63) is 23.8 Å². The van der Waals surface area contributed by atoms with Gasteiger partial charge in [0, 0.05) is 6.04 Å². The number of hydrogen-bond acceptors (Lipinski definition) is 3. The van der Waals surface area contributed by atoms with Crippen molar-refractivity contribution in [3.63, 3.8) is 0 Å². The summed E-state index contributed by atoms with van der Waals surface area (Å²) in [7, 11) is 3.29. The molecule has 1 aliphatic rings. The zero-order chi connectivity index (χ0) is 11.5. The van der Waals surface area contributed by atoms with Crippen LogP contribution in [-0.2, 0) is 0 Å². The molecule has 3 heteroatoms. The predicted molar refractivity (Wildman–Crippen MR) is 63.8 cm³/mol. The van der Waals surface area contributed by atoms with E-state index in [9.17, 15) is 0 Å². The van der Waals surface area contributed by atoms with Crippen molar-refractivity contribution in [3.8, 4) is 11.5 Å². The predicted octanol–water partition coefficient (Wildman–Crippen LogP) is 2.50. The van der Waals surface area contributed by atoms with Crippen LogP contribution in [0.4, 0.5) is 0 Å². The Hall–Kier alpha value is -1.22. The minimum atomic E-state index is 0.133. The largest absolute Gasteiger partial charge is 0.493 e. The Morgan fingerprint density at radius 1 is 1.19 bits per heavy atom. The molecule has 0 aromatic heterocycles. The lowest BCUT2D eigenvalue weighted by molar-refractivity contribution is 0.263. The van der Waals surface area contributed by atoms with Gasteiger partial charge >= 0.3 is 0 Å². The molecule has 1 aromatic carbocycles. The van der Waals surface area contributed by atoms with Gasteiger partial charge in [0.2, 0.25) is 0 Å². The van der Waals surface area contributed by atoms with E-state index in [1.54, 1.807) is 14.2 Å². The van der Waals surface area contributed by atoms with Crippen LogP contribution in [0.1, 0.15) is 30.9 Å². The third kappa shape index (κ3) is 2.00. The van der Waals surface area contributed by atoms with Crippen molar-refractivity contribution in [2.75, 3.05) is 14.2 Å². The van der Waals surface area contributed by atoms with Gasteiger partial charge in [-0.2, -0.15) is 0 Å². The summed E-state index contributed by atoms with van der Waals surface area (Å²) in [6.45, 7) is 0. The van der Waals surface area contributed by atoms with Gasteiger partial charge in [-0.15, -0.1) is 0 Å². The standard InChI is InChI=1S/C13H19NO2/c1-15-11-7-6-10(8-12(11)16-2)13(14)9-4-3-5-9/h6-9,13H,3-5,14H2,1-2H3/t13-/m1/s1. The Morgan fingerprint density at radius 2 is 1.88 bits per heavy atom. The molecule has 16 heavy (non-hydrogen) atoms. The smallest absolute Gasteiger partial charge is 0.161 e. The Kier molecular flexibility index (Phi) is 3.34. The second-order valence-electron chi connectivity index (χ2n) is 4.33. The van der Waals surface area contributed by atoms with Crippen LogP contribution in [0.25, 0.3) is 0 Å². The molecule has 1 aliphatic carbocycles. The van der Waals surface area contributed by atoms with Gasteiger partial charge in [-0.3, -0.25) is 0 Å². The van der Waals surface area contributed by atoms with E-state index in [0.717, 1.165) is 17.1 Å². The van der Waals surface area contributed by atoms with Crippen molar-refractivity contribution < 1.29 is 9.47 Å². The Morgan fingerprint density at radius 3 is 2.38 bits per heavy atom. The quantitative estimate of drug-likeness (QED) is 0.849. The normalized spacial score (nSPS) is 17.7. The molecule has 3 nitrogen and oxygen atoms in total. The molecule has 0 unspecified atom stereocenters. The Labute approximate surface area is 96.5 Å². The minimum Gasteiger partial charge on any atom is -0.493 e. The van der Waals surface area contributed by atoms with Gasteiger partial charge in [0.25, 0.3) is 0 Å². The minimum absolute atomic E-state index is 0.133. The van der Waals surface area contributed by atoms with Crippen LogP contribution in [0.3, 0.4) is 0 Å². The molecular formula is C13H19NO2. The number of methoxy groups -OCH3 is 2. The van der Waals surface area contributed by atoms with Crippen LogP contribution in [0.5, 0.6) is 11.5 Å². The Balaban J connectivity index is 2.20. The highest BCUT2D eigenvalue weighted by molar-refractivity contribution is 5.43. The molecule has 1 aromatic rings. The topological polar surface area (TPSA) is 44.5 Å². The molecule has 2 N–H and O–H groups in total. The zero-order valence-electron chi connectivity index (χ0n) is 9.90. The highest BCUT2D eigenvalue weighted by Gasteiger charge is 2.26. The molecular weight excluding hydrogens is 202 g/mol. The summed E-state index contributed by atoms with van der Waals surface area (Å²) in [4.78, 5) is 0. The van der Waals surface area contributed by atoms with E-state index in [1.807, 2.05) is 18.2 Å². The summed E-state index contributed by atoms with van der Waals surface area (Å²) < 4.78 is 10.5. The third-order valence-corrected chi connectivity index (χ3v) is 3.45. The maximum atomic E-state index is 6.22. The summed E-state index contributed by atoms with van der Waals surface area (Å²) in [6.07, 6.45) is 3.80.